The third-order valence-corrected chi connectivity index (χ3v) is 5.12. The summed E-state index contributed by atoms with van der Waals surface area (Å²) in [7, 11) is 0. The second kappa shape index (κ2) is 7.16. The fourth-order valence-corrected chi connectivity index (χ4v) is 3.80. The molecule has 0 spiro atoms. The van der Waals surface area contributed by atoms with E-state index in [9.17, 15) is 9.59 Å². The average Bonchev–Trinajstić information content (AvgIpc) is 2.94. The summed E-state index contributed by atoms with van der Waals surface area (Å²) in [5.41, 5.74) is 1.82. The van der Waals surface area contributed by atoms with Crippen molar-refractivity contribution in [1.82, 2.24) is 0 Å². The predicted octanol–water partition coefficient (Wildman–Crippen LogP) is 5.12. The van der Waals surface area contributed by atoms with Crippen molar-refractivity contribution in [3.8, 4) is 0 Å². The molecule has 2 aliphatic rings. The van der Waals surface area contributed by atoms with Crippen LogP contribution < -0.4 is 9.80 Å². The molecule has 1 aliphatic heterocycles. The Bertz CT molecular complexity index is 824. The molecule has 26 heavy (non-hydrogen) atoms. The number of carbonyl (C=O) groups excluding carboxylic acids is 2. The molecule has 1 saturated heterocycles. The van der Waals surface area contributed by atoms with Crippen LogP contribution in [0.15, 0.2) is 72.4 Å². The summed E-state index contributed by atoms with van der Waals surface area (Å²) in [5, 5.41) is 0. The Hall–Kier alpha value is -2.88. The minimum absolute atomic E-state index is 0.240. The second-order valence-electron chi connectivity index (χ2n) is 6.88. The number of allylic oxidation sites excluding steroid dienone is 1. The summed E-state index contributed by atoms with van der Waals surface area (Å²) in [6, 6.07) is 18.3. The molecular formula is C22H22N2O2. The van der Waals surface area contributed by atoms with Crippen LogP contribution in [0.1, 0.15) is 32.1 Å². The van der Waals surface area contributed by atoms with Gasteiger partial charge in [0.15, 0.2) is 0 Å². The van der Waals surface area contributed by atoms with Gasteiger partial charge in [0.1, 0.15) is 5.70 Å². The number of hydrogen-bond acceptors (Lipinski definition) is 2. The Morgan fingerprint density at radius 2 is 1.27 bits per heavy atom. The number of amides is 3. The lowest BCUT2D eigenvalue weighted by Crippen LogP contribution is -2.32. The standard InChI is InChI=1S/C22H22N2O2/c25-21-20(16-17-10-4-1-5-11-17)23(18-12-6-2-7-13-18)22(26)24(21)19-14-8-3-9-15-19/h2-3,6-9,12-17H,1,4-5,10-11H2/b20-16+. The molecule has 2 aromatic rings. The van der Waals surface area contributed by atoms with E-state index in [2.05, 4.69) is 0 Å². The molecular weight excluding hydrogens is 324 g/mol. The summed E-state index contributed by atoms with van der Waals surface area (Å²) >= 11 is 0. The highest BCUT2D eigenvalue weighted by Crippen LogP contribution is 2.34. The van der Waals surface area contributed by atoms with E-state index in [1.54, 1.807) is 17.0 Å². The van der Waals surface area contributed by atoms with Crippen LogP contribution >= 0.6 is 0 Å². The summed E-state index contributed by atoms with van der Waals surface area (Å²) in [4.78, 5) is 29.2. The van der Waals surface area contributed by atoms with Gasteiger partial charge in [0.2, 0.25) is 0 Å². The Kier molecular flexibility index (Phi) is 4.57. The van der Waals surface area contributed by atoms with Gasteiger partial charge in [-0.05, 0) is 43.0 Å². The fourth-order valence-electron chi connectivity index (χ4n) is 3.80. The van der Waals surface area contributed by atoms with Crippen LogP contribution in [0.4, 0.5) is 16.2 Å². The topological polar surface area (TPSA) is 40.6 Å². The summed E-state index contributed by atoms with van der Waals surface area (Å²) in [6.45, 7) is 0. The monoisotopic (exact) mass is 346 g/mol. The number of para-hydroxylation sites is 2. The van der Waals surface area contributed by atoms with Crippen LogP contribution in [0.25, 0.3) is 0 Å². The van der Waals surface area contributed by atoms with Crippen molar-refractivity contribution in [3.63, 3.8) is 0 Å². The second-order valence-corrected chi connectivity index (χ2v) is 6.88. The quantitative estimate of drug-likeness (QED) is 0.571. The van der Waals surface area contributed by atoms with Crippen molar-refractivity contribution in [2.45, 2.75) is 32.1 Å². The minimum Gasteiger partial charge on any atom is -0.266 e. The zero-order valence-corrected chi connectivity index (χ0v) is 14.7. The van der Waals surface area contributed by atoms with Crippen LogP contribution in [0.2, 0.25) is 0 Å². The van der Waals surface area contributed by atoms with Crippen molar-refractivity contribution >= 4 is 23.3 Å². The van der Waals surface area contributed by atoms with Crippen molar-refractivity contribution < 1.29 is 9.59 Å². The highest BCUT2D eigenvalue weighted by molar-refractivity contribution is 6.34. The average molecular weight is 346 g/mol. The number of benzene rings is 2. The van der Waals surface area contributed by atoms with Gasteiger partial charge in [0.05, 0.1) is 11.4 Å². The van der Waals surface area contributed by atoms with Crippen LogP contribution in [0.5, 0.6) is 0 Å². The molecule has 0 radical (unpaired) electrons. The summed E-state index contributed by atoms with van der Waals surface area (Å²) in [6.07, 6.45) is 7.81. The van der Waals surface area contributed by atoms with Crippen LogP contribution in [-0.2, 0) is 4.79 Å². The summed E-state index contributed by atoms with van der Waals surface area (Å²) in [5.74, 6) is 0.119. The summed E-state index contributed by atoms with van der Waals surface area (Å²) < 4.78 is 0. The van der Waals surface area contributed by atoms with E-state index in [4.69, 9.17) is 0 Å². The predicted molar refractivity (Wildman–Crippen MR) is 103 cm³/mol. The molecule has 2 fully saturated rings. The van der Waals surface area contributed by atoms with Crippen LogP contribution in [0, 0.1) is 5.92 Å². The first-order valence-corrected chi connectivity index (χ1v) is 9.26. The van der Waals surface area contributed by atoms with Gasteiger partial charge in [-0.2, -0.15) is 0 Å². The largest absolute Gasteiger partial charge is 0.340 e. The molecule has 1 heterocycles. The normalized spacial score (nSPS) is 20.2. The Morgan fingerprint density at radius 1 is 0.731 bits per heavy atom. The molecule has 132 valence electrons. The van der Waals surface area contributed by atoms with Gasteiger partial charge in [0, 0.05) is 0 Å². The Morgan fingerprint density at radius 3 is 1.85 bits per heavy atom. The first kappa shape index (κ1) is 16.6. The minimum atomic E-state index is -0.311. The molecule has 4 heteroatoms. The number of urea groups is 1. The molecule has 0 N–H and O–H groups in total. The van der Waals surface area contributed by atoms with Gasteiger partial charge in [-0.1, -0.05) is 61.7 Å². The van der Waals surface area contributed by atoms with Gasteiger partial charge < -0.3 is 0 Å². The van der Waals surface area contributed by atoms with E-state index in [-0.39, 0.29) is 11.9 Å². The molecule has 3 amide bonds. The first-order chi connectivity index (χ1) is 12.8. The molecule has 0 unspecified atom stereocenters. The number of nitrogens with zero attached hydrogens (tertiary/aromatic N) is 2. The molecule has 0 aromatic heterocycles. The van der Waals surface area contributed by atoms with E-state index in [1.807, 2.05) is 54.6 Å². The maximum atomic E-state index is 13.2. The maximum Gasteiger partial charge on any atom is 0.340 e. The van der Waals surface area contributed by atoms with E-state index in [0.29, 0.717) is 17.3 Å². The molecule has 4 nitrogen and oxygen atoms in total. The lowest BCUT2D eigenvalue weighted by Gasteiger charge is -2.21. The van der Waals surface area contributed by atoms with Crippen molar-refractivity contribution in [1.29, 1.82) is 0 Å². The van der Waals surface area contributed by atoms with Crippen molar-refractivity contribution in [2.24, 2.45) is 5.92 Å². The van der Waals surface area contributed by atoms with Crippen LogP contribution in [0.3, 0.4) is 0 Å². The zero-order valence-electron chi connectivity index (χ0n) is 14.7. The van der Waals surface area contributed by atoms with Crippen molar-refractivity contribution in [2.75, 3.05) is 9.80 Å². The fraction of sp³-hybridized carbons (Fsp3) is 0.273. The number of hydrogen-bond donors (Lipinski definition) is 0. The third-order valence-electron chi connectivity index (χ3n) is 5.12. The lowest BCUT2D eigenvalue weighted by molar-refractivity contribution is -0.113. The van der Waals surface area contributed by atoms with Gasteiger partial charge in [-0.25, -0.2) is 9.69 Å². The van der Waals surface area contributed by atoms with E-state index >= 15 is 0 Å². The highest BCUT2D eigenvalue weighted by Gasteiger charge is 2.43. The number of rotatable bonds is 3. The number of carbonyl (C=O) groups is 2. The van der Waals surface area contributed by atoms with Crippen molar-refractivity contribution in [3.05, 3.63) is 72.4 Å². The smallest absolute Gasteiger partial charge is 0.266 e. The van der Waals surface area contributed by atoms with Crippen LogP contribution in [-0.4, -0.2) is 11.9 Å². The first-order valence-electron chi connectivity index (χ1n) is 9.26. The van der Waals surface area contributed by atoms with E-state index in [0.717, 1.165) is 18.5 Å². The van der Waals surface area contributed by atoms with E-state index < -0.39 is 0 Å². The molecule has 4 rings (SSSR count). The van der Waals surface area contributed by atoms with Gasteiger partial charge in [0.25, 0.3) is 5.91 Å². The SMILES string of the molecule is O=C1/C(=C\C2CCCCC2)N(c2ccccc2)C(=O)N1c1ccccc1. The third kappa shape index (κ3) is 3.03. The maximum absolute atomic E-state index is 13.2. The Labute approximate surface area is 153 Å². The molecule has 0 atom stereocenters. The molecule has 1 saturated carbocycles. The molecule has 0 bridgehead atoms. The molecule has 2 aromatic carbocycles. The van der Waals surface area contributed by atoms with E-state index in [1.165, 1.54) is 24.2 Å². The van der Waals surface area contributed by atoms with Gasteiger partial charge in [-0.3, -0.25) is 9.69 Å². The number of anilines is 2. The lowest BCUT2D eigenvalue weighted by atomic mass is 9.88. The number of imide groups is 1. The zero-order chi connectivity index (χ0) is 17.9. The molecule has 1 aliphatic carbocycles. The van der Waals surface area contributed by atoms with Gasteiger partial charge >= 0.3 is 6.03 Å². The van der Waals surface area contributed by atoms with Gasteiger partial charge in [-0.15, -0.1) is 0 Å². The Balaban J connectivity index is 1.77. The highest BCUT2D eigenvalue weighted by atomic mass is 16.2.